The molecule has 9 heteroatoms. The lowest BCUT2D eigenvalue weighted by atomic mass is 9.99. The van der Waals surface area contributed by atoms with Crippen LogP contribution in [0.1, 0.15) is 0 Å². The van der Waals surface area contributed by atoms with Crippen LogP contribution in [-0.4, -0.2) is 57.7 Å². The van der Waals surface area contributed by atoms with E-state index in [0.717, 1.165) is 3.94 Å². The van der Waals surface area contributed by atoms with Gasteiger partial charge in [-0.3, -0.25) is 0 Å². The number of rotatable bonds is 4. The lowest BCUT2D eigenvalue weighted by Crippen LogP contribution is -2.60. The van der Waals surface area contributed by atoms with E-state index in [1.54, 1.807) is 18.2 Å². The summed E-state index contributed by atoms with van der Waals surface area (Å²) in [6.45, 7) is -0.538. The fourth-order valence-corrected chi connectivity index (χ4v) is 2.27. The fourth-order valence-electron chi connectivity index (χ4n) is 1.99. The highest BCUT2D eigenvalue weighted by Gasteiger charge is 2.44. The molecular weight excluding hydrogens is 325 g/mol. The minimum Gasteiger partial charge on any atom is -0.460 e. The van der Waals surface area contributed by atoms with Crippen LogP contribution in [0.5, 0.6) is 5.75 Å². The molecule has 118 valence electrons. The second-order valence-corrected chi connectivity index (χ2v) is 5.36. The normalized spacial score (nSPS) is 32.8. The fraction of sp³-hybridized carbons (Fsp3) is 0.500. The molecule has 1 aromatic carbocycles. The van der Waals surface area contributed by atoms with Gasteiger partial charge in [0.05, 0.1) is 6.61 Å². The number of hydrogen-bond acceptors (Lipinski definition) is 7. The van der Waals surface area contributed by atoms with Gasteiger partial charge in [0.25, 0.3) is 0 Å². The number of aliphatic hydroxyl groups excluding tert-OH is 4. The number of ether oxygens (including phenoxy) is 2. The van der Waals surface area contributed by atoms with Crippen molar-refractivity contribution in [2.24, 2.45) is 0 Å². The summed E-state index contributed by atoms with van der Waals surface area (Å²) in [6.07, 6.45) is -6.82. The number of anilines is 1. The highest BCUT2D eigenvalue weighted by Crippen LogP contribution is 2.33. The van der Waals surface area contributed by atoms with E-state index in [9.17, 15) is 15.3 Å². The van der Waals surface area contributed by atoms with E-state index in [-0.39, 0.29) is 5.75 Å². The van der Waals surface area contributed by atoms with Crippen LogP contribution in [0.25, 0.3) is 0 Å². The molecule has 1 aliphatic rings. The number of nitrogens with zero attached hydrogens (tertiary/aromatic N) is 1. The Morgan fingerprint density at radius 2 is 1.76 bits per heavy atom. The molecular formula is C12H15Cl2NO6. The Morgan fingerprint density at radius 3 is 2.38 bits per heavy atom. The van der Waals surface area contributed by atoms with Gasteiger partial charge in [0, 0.05) is 23.6 Å². The van der Waals surface area contributed by atoms with Crippen LogP contribution in [0, 0.1) is 0 Å². The van der Waals surface area contributed by atoms with E-state index in [4.69, 9.17) is 38.1 Å². The van der Waals surface area contributed by atoms with Gasteiger partial charge in [0.1, 0.15) is 35.9 Å². The van der Waals surface area contributed by atoms with Crippen LogP contribution in [0.2, 0.25) is 0 Å². The number of halogens is 2. The van der Waals surface area contributed by atoms with Crippen molar-refractivity contribution in [3.8, 4) is 5.75 Å². The number of para-hydroxylation sites is 2. The number of hydrogen-bond donors (Lipinski definition) is 4. The van der Waals surface area contributed by atoms with E-state index in [2.05, 4.69) is 0 Å². The van der Waals surface area contributed by atoms with Crippen LogP contribution in [0.15, 0.2) is 24.3 Å². The van der Waals surface area contributed by atoms with Crippen LogP contribution in [0.4, 0.5) is 5.69 Å². The number of benzene rings is 1. The Morgan fingerprint density at radius 1 is 1.10 bits per heavy atom. The Labute approximate surface area is 131 Å². The molecule has 4 N–H and O–H groups in total. The maximum absolute atomic E-state index is 9.89. The molecule has 1 aliphatic heterocycles. The SMILES string of the molecule is OC[C@H]1OC(Oc2ccccc2N(Cl)Cl)[C@@H](O)[C@@H](O)[C@@H]1O. The summed E-state index contributed by atoms with van der Waals surface area (Å²) in [7, 11) is 0. The highest BCUT2D eigenvalue weighted by molar-refractivity contribution is 6.49. The second-order valence-electron chi connectivity index (χ2n) is 4.52. The predicted octanol–water partition coefficient (Wildman–Crippen LogP) is -0.0207. The molecule has 21 heavy (non-hydrogen) atoms. The van der Waals surface area contributed by atoms with Crippen molar-refractivity contribution in [1.82, 2.24) is 0 Å². The summed E-state index contributed by atoms with van der Waals surface area (Å²) in [5.74, 6) is 0.201. The van der Waals surface area contributed by atoms with Gasteiger partial charge in [-0.2, -0.15) is 3.94 Å². The monoisotopic (exact) mass is 339 g/mol. The summed E-state index contributed by atoms with van der Waals surface area (Å²) in [5.41, 5.74) is 0.304. The van der Waals surface area contributed by atoms with Crippen molar-refractivity contribution in [3.63, 3.8) is 0 Å². The topological polar surface area (TPSA) is 103 Å². The summed E-state index contributed by atoms with van der Waals surface area (Å²) in [6, 6.07) is 6.43. The Bertz CT molecular complexity index is 475. The van der Waals surface area contributed by atoms with Gasteiger partial charge in [-0.1, -0.05) is 12.1 Å². The molecule has 0 radical (unpaired) electrons. The molecule has 1 aromatic rings. The first-order valence-corrected chi connectivity index (χ1v) is 6.81. The van der Waals surface area contributed by atoms with Crippen LogP contribution < -0.4 is 8.67 Å². The van der Waals surface area contributed by atoms with Crippen LogP contribution in [0.3, 0.4) is 0 Å². The van der Waals surface area contributed by atoms with E-state index in [1.165, 1.54) is 6.07 Å². The second kappa shape index (κ2) is 6.97. The first-order valence-electron chi connectivity index (χ1n) is 6.13. The van der Waals surface area contributed by atoms with E-state index >= 15 is 0 Å². The minimum absolute atomic E-state index is 0.201. The molecule has 0 saturated carbocycles. The van der Waals surface area contributed by atoms with Crippen LogP contribution in [-0.2, 0) is 4.74 Å². The Kier molecular flexibility index (Phi) is 5.50. The van der Waals surface area contributed by atoms with Crippen molar-refractivity contribution in [2.45, 2.75) is 30.7 Å². The third kappa shape index (κ3) is 3.51. The average molecular weight is 340 g/mol. The molecule has 0 aliphatic carbocycles. The first-order chi connectivity index (χ1) is 9.95. The molecule has 5 atom stereocenters. The molecule has 0 amide bonds. The summed E-state index contributed by atoms with van der Waals surface area (Å²) in [4.78, 5) is 0. The molecule has 1 saturated heterocycles. The van der Waals surface area contributed by atoms with Gasteiger partial charge in [0.15, 0.2) is 0 Å². The summed E-state index contributed by atoms with van der Waals surface area (Å²) < 4.78 is 11.5. The highest BCUT2D eigenvalue weighted by atomic mass is 35.5. The van der Waals surface area contributed by atoms with E-state index in [0.29, 0.717) is 5.69 Å². The predicted molar refractivity (Wildman–Crippen MR) is 75.0 cm³/mol. The molecule has 1 unspecified atom stereocenters. The third-order valence-electron chi connectivity index (χ3n) is 3.14. The average Bonchev–Trinajstić information content (AvgIpc) is 2.48. The molecule has 1 heterocycles. The van der Waals surface area contributed by atoms with Gasteiger partial charge >= 0.3 is 0 Å². The van der Waals surface area contributed by atoms with Crippen molar-refractivity contribution in [2.75, 3.05) is 10.5 Å². The molecule has 1 fully saturated rings. The van der Waals surface area contributed by atoms with Crippen molar-refractivity contribution in [1.29, 1.82) is 0 Å². The lowest BCUT2D eigenvalue weighted by Gasteiger charge is -2.39. The standard InChI is InChI=1S/C12H15Cl2NO6/c13-15(14)6-3-1-2-4-7(6)20-12-11(19)10(18)9(17)8(5-16)21-12/h1-4,8-12,16-19H,5H2/t8-,9-,10+,11+,12?/m1/s1. The maximum atomic E-state index is 9.89. The zero-order valence-corrected chi connectivity index (χ0v) is 12.2. The largest absolute Gasteiger partial charge is 0.460 e. The van der Waals surface area contributed by atoms with Crippen molar-refractivity contribution < 1.29 is 29.9 Å². The Balaban J connectivity index is 2.19. The van der Waals surface area contributed by atoms with Crippen LogP contribution >= 0.6 is 23.6 Å². The third-order valence-corrected chi connectivity index (χ3v) is 3.50. The van der Waals surface area contributed by atoms with E-state index in [1.807, 2.05) is 0 Å². The smallest absolute Gasteiger partial charge is 0.229 e. The molecule has 0 bridgehead atoms. The molecule has 7 nitrogen and oxygen atoms in total. The van der Waals surface area contributed by atoms with Gasteiger partial charge < -0.3 is 29.9 Å². The molecule has 0 spiro atoms. The van der Waals surface area contributed by atoms with Crippen molar-refractivity contribution >= 4 is 29.2 Å². The maximum Gasteiger partial charge on any atom is 0.229 e. The van der Waals surface area contributed by atoms with Crippen molar-refractivity contribution in [3.05, 3.63) is 24.3 Å². The van der Waals surface area contributed by atoms with Gasteiger partial charge in [0.2, 0.25) is 6.29 Å². The zero-order chi connectivity index (χ0) is 15.6. The van der Waals surface area contributed by atoms with Gasteiger partial charge in [-0.15, -0.1) is 0 Å². The van der Waals surface area contributed by atoms with E-state index < -0.39 is 37.3 Å². The summed E-state index contributed by atoms with van der Waals surface area (Å²) in [5, 5.41) is 38.4. The molecule has 0 aromatic heterocycles. The lowest BCUT2D eigenvalue weighted by molar-refractivity contribution is -0.277. The Hall–Kier alpha value is -0.800. The van der Waals surface area contributed by atoms with Gasteiger partial charge in [-0.25, -0.2) is 0 Å². The summed E-state index contributed by atoms with van der Waals surface area (Å²) >= 11 is 11.3. The first kappa shape index (κ1) is 16.6. The van der Waals surface area contributed by atoms with Gasteiger partial charge in [-0.05, 0) is 12.1 Å². The molecule has 2 rings (SSSR count). The zero-order valence-electron chi connectivity index (χ0n) is 10.7. The minimum atomic E-state index is -1.52. The quantitative estimate of drug-likeness (QED) is 0.571. The number of aliphatic hydroxyl groups is 4.